The lowest BCUT2D eigenvalue weighted by atomic mass is 9.77. The van der Waals surface area contributed by atoms with Crippen LogP contribution in [0, 0.1) is 11.7 Å². The summed E-state index contributed by atoms with van der Waals surface area (Å²) < 4.78 is 51.2. The second kappa shape index (κ2) is 6.58. The van der Waals surface area contributed by atoms with Gasteiger partial charge >= 0.3 is 6.18 Å². The molecule has 0 spiro atoms. The summed E-state index contributed by atoms with van der Waals surface area (Å²) in [6.45, 7) is 0. The molecule has 5 heteroatoms. The average Bonchev–Trinajstić information content (AvgIpc) is 2.44. The van der Waals surface area contributed by atoms with Crippen molar-refractivity contribution in [3.8, 4) is 0 Å². The first kappa shape index (κ1) is 16.0. The van der Waals surface area contributed by atoms with E-state index in [1.165, 1.54) is 6.07 Å². The van der Waals surface area contributed by atoms with Crippen LogP contribution in [0.2, 0.25) is 0 Å². The zero-order valence-corrected chi connectivity index (χ0v) is 11.6. The van der Waals surface area contributed by atoms with E-state index < -0.39 is 17.6 Å². The fourth-order valence-corrected chi connectivity index (χ4v) is 3.10. The number of aldehydes is 1. The van der Waals surface area contributed by atoms with Crippen LogP contribution in [0.25, 0.3) is 0 Å². The van der Waals surface area contributed by atoms with Gasteiger partial charge in [0.15, 0.2) is 0 Å². The Bertz CT molecular complexity index is 488. The molecule has 1 fully saturated rings. The molecule has 1 aliphatic carbocycles. The minimum atomic E-state index is -4.64. The molecule has 0 radical (unpaired) electrons. The van der Waals surface area contributed by atoms with E-state index in [2.05, 4.69) is 0 Å². The van der Waals surface area contributed by atoms with E-state index in [1.54, 1.807) is 0 Å². The first-order valence-corrected chi connectivity index (χ1v) is 7.22. The lowest BCUT2D eigenvalue weighted by molar-refractivity contribution is -0.140. The minimum absolute atomic E-state index is 0.120. The molecule has 0 unspecified atom stereocenters. The number of halogens is 4. The molecule has 0 amide bonds. The summed E-state index contributed by atoms with van der Waals surface area (Å²) in [5.74, 6) is -0.567. The molecule has 0 saturated heterocycles. The molecule has 0 aromatic heterocycles. The molecule has 21 heavy (non-hydrogen) atoms. The van der Waals surface area contributed by atoms with Gasteiger partial charge in [-0.1, -0.05) is 6.07 Å². The summed E-state index contributed by atoms with van der Waals surface area (Å²) in [5.41, 5.74) is -0.555. The highest BCUT2D eigenvalue weighted by Gasteiger charge is 2.34. The Morgan fingerprint density at radius 3 is 2.33 bits per heavy atom. The Hall–Kier alpha value is -1.39. The molecule has 1 nitrogen and oxygen atoms in total. The van der Waals surface area contributed by atoms with Gasteiger partial charge in [0, 0.05) is 6.42 Å². The molecule has 1 saturated carbocycles. The van der Waals surface area contributed by atoms with Gasteiger partial charge < -0.3 is 4.79 Å². The van der Waals surface area contributed by atoms with Crippen molar-refractivity contribution in [2.45, 2.75) is 50.6 Å². The Morgan fingerprint density at radius 2 is 1.81 bits per heavy atom. The fourth-order valence-electron chi connectivity index (χ4n) is 3.10. The third kappa shape index (κ3) is 4.05. The maximum absolute atomic E-state index is 13.6. The molecular formula is C16H18F4O. The summed E-state index contributed by atoms with van der Waals surface area (Å²) >= 11 is 0. The van der Waals surface area contributed by atoms with Gasteiger partial charge in [0.1, 0.15) is 12.1 Å². The van der Waals surface area contributed by atoms with Gasteiger partial charge in [-0.2, -0.15) is 13.2 Å². The maximum Gasteiger partial charge on any atom is 0.419 e. The topological polar surface area (TPSA) is 17.1 Å². The number of carbonyl (C=O) groups excluding carboxylic acids is 1. The molecule has 0 atom stereocenters. The third-order valence-electron chi connectivity index (χ3n) is 4.31. The molecule has 1 aliphatic rings. The SMILES string of the molecule is O=CCCC1CCC(c2ccc(C(F)(F)F)c(F)c2)CC1. The van der Waals surface area contributed by atoms with Crippen molar-refractivity contribution in [3.05, 3.63) is 35.1 Å². The van der Waals surface area contributed by atoms with Crippen LogP contribution in [0.5, 0.6) is 0 Å². The summed E-state index contributed by atoms with van der Waals surface area (Å²) in [6.07, 6.45) is 1.28. The fraction of sp³-hybridized carbons (Fsp3) is 0.562. The number of benzene rings is 1. The van der Waals surface area contributed by atoms with Crippen LogP contribution in [0.4, 0.5) is 17.6 Å². The van der Waals surface area contributed by atoms with E-state index in [0.717, 1.165) is 50.5 Å². The zero-order chi connectivity index (χ0) is 15.5. The number of alkyl halides is 3. The summed E-state index contributed by atoms with van der Waals surface area (Å²) in [7, 11) is 0. The lowest BCUT2D eigenvalue weighted by Gasteiger charge is -2.28. The number of hydrogen-bond acceptors (Lipinski definition) is 1. The van der Waals surface area contributed by atoms with Gasteiger partial charge in [-0.25, -0.2) is 4.39 Å². The van der Waals surface area contributed by atoms with Gasteiger partial charge in [0.05, 0.1) is 5.56 Å². The minimum Gasteiger partial charge on any atom is -0.303 e. The van der Waals surface area contributed by atoms with Crippen LogP contribution in [-0.2, 0) is 11.0 Å². The van der Waals surface area contributed by atoms with Crippen molar-refractivity contribution in [1.29, 1.82) is 0 Å². The van der Waals surface area contributed by atoms with Crippen molar-refractivity contribution in [3.63, 3.8) is 0 Å². The number of hydrogen-bond donors (Lipinski definition) is 0. The third-order valence-corrected chi connectivity index (χ3v) is 4.31. The zero-order valence-electron chi connectivity index (χ0n) is 11.6. The number of carbonyl (C=O) groups is 1. The summed E-state index contributed by atoms with van der Waals surface area (Å²) in [5, 5.41) is 0. The second-order valence-electron chi connectivity index (χ2n) is 5.70. The quantitative estimate of drug-likeness (QED) is 0.559. The van der Waals surface area contributed by atoms with Crippen LogP contribution in [-0.4, -0.2) is 6.29 Å². The van der Waals surface area contributed by atoms with E-state index in [4.69, 9.17) is 0 Å². The van der Waals surface area contributed by atoms with Gasteiger partial charge in [0.25, 0.3) is 0 Å². The van der Waals surface area contributed by atoms with E-state index in [9.17, 15) is 22.4 Å². The molecule has 1 aromatic rings. The summed E-state index contributed by atoms with van der Waals surface area (Å²) in [4.78, 5) is 10.4. The molecule has 1 aromatic carbocycles. The van der Waals surface area contributed by atoms with Crippen molar-refractivity contribution < 1.29 is 22.4 Å². The Labute approximate surface area is 121 Å². The molecule has 0 N–H and O–H groups in total. The van der Waals surface area contributed by atoms with Crippen LogP contribution in [0.3, 0.4) is 0 Å². The first-order chi connectivity index (χ1) is 9.91. The van der Waals surface area contributed by atoms with Crippen LogP contribution in [0.15, 0.2) is 18.2 Å². The highest BCUT2D eigenvalue weighted by Crippen LogP contribution is 2.39. The van der Waals surface area contributed by atoms with Gasteiger partial charge in [0.2, 0.25) is 0 Å². The smallest absolute Gasteiger partial charge is 0.303 e. The molecule has 2 rings (SSSR count). The standard InChI is InChI=1S/C16H18F4O/c17-15-10-13(7-8-14(15)16(18,19)20)12-5-3-11(4-6-12)2-1-9-21/h7-12H,1-6H2. The average molecular weight is 302 g/mol. The van der Waals surface area contributed by atoms with Gasteiger partial charge in [-0.05, 0) is 61.6 Å². The van der Waals surface area contributed by atoms with Gasteiger partial charge in [-0.3, -0.25) is 0 Å². The molecule has 0 aliphatic heterocycles. The molecule has 116 valence electrons. The monoisotopic (exact) mass is 302 g/mol. The van der Waals surface area contributed by atoms with E-state index in [-0.39, 0.29) is 5.92 Å². The highest BCUT2D eigenvalue weighted by molar-refractivity contribution is 5.49. The molecule has 0 heterocycles. The van der Waals surface area contributed by atoms with Crippen molar-refractivity contribution in [2.24, 2.45) is 5.92 Å². The largest absolute Gasteiger partial charge is 0.419 e. The van der Waals surface area contributed by atoms with Crippen molar-refractivity contribution in [1.82, 2.24) is 0 Å². The lowest BCUT2D eigenvalue weighted by Crippen LogP contribution is -2.14. The molecule has 0 bridgehead atoms. The summed E-state index contributed by atoms with van der Waals surface area (Å²) in [6, 6.07) is 3.25. The number of rotatable bonds is 4. The first-order valence-electron chi connectivity index (χ1n) is 7.22. The Kier molecular flexibility index (Phi) is 5.01. The normalized spacial score (nSPS) is 23.0. The predicted octanol–water partition coefficient (Wildman–Crippen LogP) is 5.10. The Balaban J connectivity index is 2.01. The van der Waals surface area contributed by atoms with Crippen LogP contribution < -0.4 is 0 Å². The van der Waals surface area contributed by atoms with E-state index in [0.29, 0.717) is 17.9 Å². The van der Waals surface area contributed by atoms with E-state index >= 15 is 0 Å². The highest BCUT2D eigenvalue weighted by atomic mass is 19.4. The maximum atomic E-state index is 13.6. The van der Waals surface area contributed by atoms with Crippen molar-refractivity contribution in [2.75, 3.05) is 0 Å². The Morgan fingerprint density at radius 1 is 1.14 bits per heavy atom. The second-order valence-corrected chi connectivity index (χ2v) is 5.70. The van der Waals surface area contributed by atoms with E-state index in [1.807, 2.05) is 0 Å². The van der Waals surface area contributed by atoms with Crippen molar-refractivity contribution >= 4 is 6.29 Å². The molecular weight excluding hydrogens is 284 g/mol. The van der Waals surface area contributed by atoms with Crippen LogP contribution in [0.1, 0.15) is 55.6 Å². The van der Waals surface area contributed by atoms with Crippen LogP contribution >= 0.6 is 0 Å². The predicted molar refractivity (Wildman–Crippen MR) is 71.4 cm³/mol. The van der Waals surface area contributed by atoms with Gasteiger partial charge in [-0.15, -0.1) is 0 Å².